The minimum Gasteiger partial charge on any atom is -0.339 e. The number of carbonyl (C=O) groups excluding carboxylic acids is 1. The Morgan fingerprint density at radius 2 is 1.86 bits per heavy atom. The van der Waals surface area contributed by atoms with Crippen LogP contribution in [0.15, 0.2) is 30.3 Å². The molecule has 0 radical (unpaired) electrons. The van der Waals surface area contributed by atoms with Crippen LogP contribution in [0.5, 0.6) is 0 Å². The van der Waals surface area contributed by atoms with Crippen LogP contribution >= 0.6 is 0 Å². The highest BCUT2D eigenvalue weighted by molar-refractivity contribution is 5.78. The predicted molar refractivity (Wildman–Crippen MR) is 108 cm³/mol. The van der Waals surface area contributed by atoms with Gasteiger partial charge in [0.15, 0.2) is 5.82 Å². The van der Waals surface area contributed by atoms with Gasteiger partial charge < -0.3 is 9.80 Å². The second-order valence-electron chi connectivity index (χ2n) is 7.89. The zero-order chi connectivity index (χ0) is 19.3. The summed E-state index contributed by atoms with van der Waals surface area (Å²) < 4.78 is 1.99. The molecule has 4 rings (SSSR count). The van der Waals surface area contributed by atoms with E-state index in [0.29, 0.717) is 13.1 Å². The number of rotatable bonds is 4. The van der Waals surface area contributed by atoms with E-state index in [-0.39, 0.29) is 5.91 Å². The van der Waals surface area contributed by atoms with Gasteiger partial charge in [-0.25, -0.2) is 9.67 Å². The summed E-state index contributed by atoms with van der Waals surface area (Å²) in [5.74, 6) is 2.10. The van der Waals surface area contributed by atoms with Gasteiger partial charge in [-0.1, -0.05) is 30.3 Å². The van der Waals surface area contributed by atoms with Gasteiger partial charge in [-0.2, -0.15) is 5.10 Å². The van der Waals surface area contributed by atoms with E-state index >= 15 is 0 Å². The van der Waals surface area contributed by atoms with Crippen molar-refractivity contribution in [1.82, 2.24) is 29.5 Å². The molecule has 28 heavy (non-hydrogen) atoms. The van der Waals surface area contributed by atoms with Crippen LogP contribution in [0.4, 0.5) is 0 Å². The fourth-order valence-electron chi connectivity index (χ4n) is 4.00. The third-order valence-electron chi connectivity index (χ3n) is 5.71. The molecule has 0 bridgehead atoms. The monoisotopic (exact) mass is 382 g/mol. The van der Waals surface area contributed by atoms with E-state index in [2.05, 4.69) is 34.1 Å². The summed E-state index contributed by atoms with van der Waals surface area (Å²) in [6.45, 7) is 6.85. The Bertz CT molecular complexity index is 764. The third kappa shape index (κ3) is 4.77. The first-order valence-electron chi connectivity index (χ1n) is 10.3. The molecule has 0 aliphatic carbocycles. The summed E-state index contributed by atoms with van der Waals surface area (Å²) in [5, 5.41) is 4.69. The highest BCUT2D eigenvalue weighted by atomic mass is 16.2. The summed E-state index contributed by atoms with van der Waals surface area (Å²) >= 11 is 0. The molecule has 7 heteroatoms. The number of likely N-dealkylation sites (N-methyl/N-ethyl adjacent to an activating group) is 1. The maximum absolute atomic E-state index is 12.8. The van der Waals surface area contributed by atoms with Crippen LogP contribution in [-0.4, -0.2) is 88.2 Å². The van der Waals surface area contributed by atoms with Crippen molar-refractivity contribution < 1.29 is 4.79 Å². The first-order chi connectivity index (χ1) is 13.7. The summed E-state index contributed by atoms with van der Waals surface area (Å²) in [7, 11) is 2.15. The Morgan fingerprint density at radius 3 is 2.71 bits per heavy atom. The molecule has 0 unspecified atom stereocenters. The lowest BCUT2D eigenvalue weighted by atomic mass is 10.1. The summed E-state index contributed by atoms with van der Waals surface area (Å²) in [6.07, 6.45) is 2.66. The molecule has 150 valence electrons. The Labute approximate surface area is 166 Å². The SMILES string of the molecule is CN1CCCN(CC(=O)N2CCc3nc(Cc4ccccc4)nn3CC2)CC1. The van der Waals surface area contributed by atoms with Crippen LogP contribution in [0.2, 0.25) is 0 Å². The molecule has 2 aromatic rings. The van der Waals surface area contributed by atoms with E-state index in [9.17, 15) is 4.79 Å². The number of hydrogen-bond acceptors (Lipinski definition) is 5. The predicted octanol–water partition coefficient (Wildman–Crippen LogP) is 0.891. The molecule has 3 heterocycles. The number of hydrogen-bond donors (Lipinski definition) is 0. The van der Waals surface area contributed by atoms with Gasteiger partial charge in [0.2, 0.25) is 5.91 Å². The standard InChI is InChI=1S/C21H30N6O/c1-24-9-5-10-25(13-12-24)17-21(28)26-11-8-20-22-19(23-27(20)15-14-26)16-18-6-3-2-4-7-18/h2-4,6-7H,5,8-17H2,1H3. The Morgan fingerprint density at radius 1 is 1.00 bits per heavy atom. The topological polar surface area (TPSA) is 57.5 Å². The number of aromatic nitrogens is 3. The Balaban J connectivity index is 1.32. The van der Waals surface area contributed by atoms with Crippen LogP contribution in [0.25, 0.3) is 0 Å². The van der Waals surface area contributed by atoms with Crippen LogP contribution < -0.4 is 0 Å². The average Bonchev–Trinajstić information content (AvgIpc) is 2.83. The van der Waals surface area contributed by atoms with E-state index < -0.39 is 0 Å². The molecular weight excluding hydrogens is 352 g/mol. The van der Waals surface area contributed by atoms with Gasteiger partial charge in [0, 0.05) is 39.0 Å². The first-order valence-corrected chi connectivity index (χ1v) is 10.3. The van der Waals surface area contributed by atoms with Crippen LogP contribution in [0, 0.1) is 0 Å². The summed E-state index contributed by atoms with van der Waals surface area (Å²) in [4.78, 5) is 24.2. The lowest BCUT2D eigenvalue weighted by molar-refractivity contribution is -0.132. The van der Waals surface area contributed by atoms with Gasteiger partial charge in [0.05, 0.1) is 13.1 Å². The van der Waals surface area contributed by atoms with Crippen molar-refractivity contribution in [2.75, 3.05) is 52.9 Å². The third-order valence-corrected chi connectivity index (χ3v) is 5.71. The molecule has 0 N–H and O–H groups in total. The molecule has 1 amide bonds. The molecule has 1 saturated heterocycles. The van der Waals surface area contributed by atoms with Crippen molar-refractivity contribution in [1.29, 1.82) is 0 Å². The van der Waals surface area contributed by atoms with Crippen LogP contribution in [0.1, 0.15) is 23.6 Å². The molecule has 0 saturated carbocycles. The quantitative estimate of drug-likeness (QED) is 0.786. The maximum atomic E-state index is 12.8. The number of nitrogens with zero attached hydrogens (tertiary/aromatic N) is 6. The van der Waals surface area contributed by atoms with E-state index in [4.69, 9.17) is 4.98 Å². The van der Waals surface area contributed by atoms with Crippen LogP contribution in [-0.2, 0) is 24.2 Å². The average molecular weight is 383 g/mol. The lowest BCUT2D eigenvalue weighted by Gasteiger charge is -2.25. The van der Waals surface area contributed by atoms with E-state index in [1.54, 1.807) is 0 Å². The van der Waals surface area contributed by atoms with Crippen molar-refractivity contribution in [2.45, 2.75) is 25.8 Å². The molecule has 7 nitrogen and oxygen atoms in total. The van der Waals surface area contributed by atoms with Crippen molar-refractivity contribution in [3.8, 4) is 0 Å². The van der Waals surface area contributed by atoms with E-state index in [0.717, 1.165) is 70.2 Å². The van der Waals surface area contributed by atoms with Gasteiger partial charge in [0.1, 0.15) is 5.82 Å². The number of carbonyl (C=O) groups is 1. The van der Waals surface area contributed by atoms with Gasteiger partial charge in [-0.15, -0.1) is 0 Å². The van der Waals surface area contributed by atoms with Crippen molar-refractivity contribution in [3.63, 3.8) is 0 Å². The zero-order valence-corrected chi connectivity index (χ0v) is 16.8. The lowest BCUT2D eigenvalue weighted by Crippen LogP contribution is -2.42. The van der Waals surface area contributed by atoms with Gasteiger partial charge in [0.25, 0.3) is 0 Å². The molecule has 0 atom stereocenters. The molecule has 2 aliphatic heterocycles. The van der Waals surface area contributed by atoms with Crippen molar-refractivity contribution in [3.05, 3.63) is 47.5 Å². The van der Waals surface area contributed by atoms with Gasteiger partial charge in [-0.05, 0) is 32.1 Å². The Kier molecular flexibility index (Phi) is 6.02. The first kappa shape index (κ1) is 19.1. The van der Waals surface area contributed by atoms with E-state index in [1.807, 2.05) is 27.8 Å². The zero-order valence-electron chi connectivity index (χ0n) is 16.8. The minimum atomic E-state index is 0.236. The fourth-order valence-corrected chi connectivity index (χ4v) is 4.00. The van der Waals surface area contributed by atoms with E-state index in [1.165, 1.54) is 5.56 Å². The molecule has 1 aromatic carbocycles. The second kappa shape index (κ2) is 8.84. The molecular formula is C21H30N6O. The number of fused-ring (bicyclic) bond motifs is 1. The largest absolute Gasteiger partial charge is 0.339 e. The highest BCUT2D eigenvalue weighted by Crippen LogP contribution is 2.11. The Hall–Kier alpha value is -2.25. The molecule has 0 spiro atoms. The van der Waals surface area contributed by atoms with Gasteiger partial charge in [-0.3, -0.25) is 9.69 Å². The smallest absolute Gasteiger partial charge is 0.236 e. The molecule has 1 aromatic heterocycles. The molecule has 1 fully saturated rings. The summed E-state index contributed by atoms with van der Waals surface area (Å²) in [5.41, 5.74) is 1.23. The fraction of sp³-hybridized carbons (Fsp3) is 0.571. The minimum absolute atomic E-state index is 0.236. The van der Waals surface area contributed by atoms with Crippen LogP contribution in [0.3, 0.4) is 0 Å². The molecule has 2 aliphatic rings. The maximum Gasteiger partial charge on any atom is 0.236 e. The number of amides is 1. The summed E-state index contributed by atoms with van der Waals surface area (Å²) in [6, 6.07) is 10.3. The van der Waals surface area contributed by atoms with Gasteiger partial charge >= 0.3 is 0 Å². The number of benzene rings is 1. The second-order valence-corrected chi connectivity index (χ2v) is 7.89. The van der Waals surface area contributed by atoms with Crippen molar-refractivity contribution in [2.24, 2.45) is 0 Å². The normalized spacial score (nSPS) is 19.1. The highest BCUT2D eigenvalue weighted by Gasteiger charge is 2.23. The van der Waals surface area contributed by atoms with Crippen molar-refractivity contribution >= 4 is 5.91 Å².